The molecule has 0 saturated carbocycles. The maximum atomic E-state index is 11.6. The van der Waals surface area contributed by atoms with E-state index in [-0.39, 0.29) is 48.5 Å². The van der Waals surface area contributed by atoms with Crippen LogP contribution in [0.15, 0.2) is 43.7 Å². The molecule has 2 N–H and O–H groups in total. The Hall–Kier alpha value is -3.56. The fraction of sp³-hybridized carbons (Fsp3) is 0.400. The van der Waals surface area contributed by atoms with E-state index in [0.29, 0.717) is 22.3 Å². The molecule has 0 saturated heterocycles. The van der Waals surface area contributed by atoms with Gasteiger partial charge in [-0.05, 0) is 49.0 Å². The van der Waals surface area contributed by atoms with Gasteiger partial charge in [-0.15, -0.1) is 0 Å². The Morgan fingerprint density at radius 2 is 1.07 bits per heavy atom. The second-order valence-electron chi connectivity index (χ2n) is 6.59. The lowest BCUT2D eigenvalue weighted by molar-refractivity contribution is -0.141. The van der Waals surface area contributed by atoms with E-state index in [2.05, 4.69) is 19.5 Å². The van der Waals surface area contributed by atoms with E-state index >= 15 is 0 Å². The highest BCUT2D eigenvalue weighted by Crippen LogP contribution is 2.39. The molecule has 0 spiro atoms. The quantitative estimate of drug-likeness (QED) is 0.566. The Morgan fingerprint density at radius 1 is 0.733 bits per heavy atom. The summed E-state index contributed by atoms with van der Waals surface area (Å²) < 4.78 is 9.29. The molecule has 0 atom stereocenters. The topological polar surface area (TPSA) is 152 Å². The van der Waals surface area contributed by atoms with E-state index in [1.165, 1.54) is 14.2 Å². The Labute approximate surface area is 172 Å². The van der Waals surface area contributed by atoms with Crippen molar-refractivity contribution in [2.75, 3.05) is 14.2 Å². The predicted molar refractivity (Wildman–Crippen MR) is 105 cm³/mol. The van der Waals surface area contributed by atoms with E-state index in [1.807, 2.05) is 0 Å². The number of hydrogen-bond donors (Lipinski definition) is 2. The van der Waals surface area contributed by atoms with E-state index in [0.717, 1.165) is 0 Å². The number of esters is 2. The van der Waals surface area contributed by atoms with Crippen LogP contribution in [-0.2, 0) is 28.7 Å². The van der Waals surface area contributed by atoms with Gasteiger partial charge in [0.15, 0.2) is 11.4 Å². The third-order valence-corrected chi connectivity index (χ3v) is 4.88. The van der Waals surface area contributed by atoms with Crippen LogP contribution >= 0.6 is 0 Å². The molecule has 2 rings (SSSR count). The third kappa shape index (κ3) is 4.53. The minimum atomic E-state index is -1.25. The zero-order valence-corrected chi connectivity index (χ0v) is 17.1. The van der Waals surface area contributed by atoms with Crippen molar-refractivity contribution >= 4 is 35.3 Å². The van der Waals surface area contributed by atoms with Crippen LogP contribution in [0.3, 0.4) is 0 Å². The highest BCUT2D eigenvalue weighted by Gasteiger charge is 2.33. The van der Waals surface area contributed by atoms with Gasteiger partial charge in [0, 0.05) is 12.8 Å². The van der Waals surface area contributed by atoms with Gasteiger partial charge >= 0.3 is 23.9 Å². The fourth-order valence-corrected chi connectivity index (χ4v) is 3.25. The standard InChI is InChI=1S/C20H22N2O8/c1-9-11(5-7-13(23)29-3)17(21-15(9)19(25)26)18-12(6-8-14(24)30-4)10(2)16(22-18)20(27)28/h5-8H2,1-4H3,(H,25,26)(H,27,28). The van der Waals surface area contributed by atoms with Gasteiger partial charge in [0.25, 0.3) is 0 Å². The summed E-state index contributed by atoms with van der Waals surface area (Å²) in [6.07, 6.45) is 0.244. The molecule has 0 aromatic heterocycles. The fourth-order valence-electron chi connectivity index (χ4n) is 3.25. The molecule has 0 aromatic rings. The van der Waals surface area contributed by atoms with Crippen molar-refractivity contribution in [2.24, 2.45) is 9.98 Å². The number of aliphatic carboxylic acids is 2. The summed E-state index contributed by atoms with van der Waals surface area (Å²) in [5.74, 6) is -3.48. The number of allylic oxidation sites excluding steroid dienone is 2. The molecule has 0 amide bonds. The first-order chi connectivity index (χ1) is 14.1. The van der Waals surface area contributed by atoms with Crippen LogP contribution in [0.25, 0.3) is 0 Å². The number of methoxy groups -OCH3 is 2. The molecule has 2 heterocycles. The summed E-state index contributed by atoms with van der Waals surface area (Å²) in [7, 11) is 2.49. The lowest BCUT2D eigenvalue weighted by atomic mass is 9.95. The molecule has 0 fully saturated rings. The molecule has 2 aliphatic rings. The molecule has 10 heteroatoms. The highest BCUT2D eigenvalue weighted by molar-refractivity contribution is 6.45. The van der Waals surface area contributed by atoms with Gasteiger partial charge in [0.05, 0.1) is 25.6 Å². The summed E-state index contributed by atoms with van der Waals surface area (Å²) in [5.41, 5.74) is 1.60. The number of rotatable bonds is 8. The molecule has 0 aromatic carbocycles. The SMILES string of the molecule is COC(=O)CCC1=C(C)C(C(=O)O)=NC1=C1N=C(C(=O)O)C(C)=C1CCC(=O)OC. The number of carbonyl (C=O) groups is 4. The summed E-state index contributed by atoms with van der Waals surface area (Å²) in [6, 6.07) is 0. The molecular formula is C20H22N2O8. The largest absolute Gasteiger partial charge is 0.477 e. The van der Waals surface area contributed by atoms with Crippen LogP contribution in [-0.4, -0.2) is 59.7 Å². The van der Waals surface area contributed by atoms with Crippen molar-refractivity contribution in [2.45, 2.75) is 39.5 Å². The van der Waals surface area contributed by atoms with Crippen LogP contribution in [0.1, 0.15) is 39.5 Å². The third-order valence-electron chi connectivity index (χ3n) is 4.88. The highest BCUT2D eigenvalue weighted by atomic mass is 16.5. The Balaban J connectivity index is 2.62. The molecule has 30 heavy (non-hydrogen) atoms. The predicted octanol–water partition coefficient (Wildman–Crippen LogP) is 1.82. The molecule has 0 radical (unpaired) electrons. The average Bonchev–Trinajstić information content (AvgIpc) is 3.20. The van der Waals surface area contributed by atoms with Crippen molar-refractivity contribution < 1.29 is 38.9 Å². The van der Waals surface area contributed by atoms with Gasteiger partial charge in [0.2, 0.25) is 0 Å². The van der Waals surface area contributed by atoms with Crippen molar-refractivity contribution in [1.82, 2.24) is 0 Å². The lowest BCUT2D eigenvalue weighted by Crippen LogP contribution is -2.12. The first-order valence-electron chi connectivity index (χ1n) is 9.05. The van der Waals surface area contributed by atoms with Gasteiger partial charge in [-0.25, -0.2) is 19.6 Å². The zero-order valence-electron chi connectivity index (χ0n) is 17.1. The van der Waals surface area contributed by atoms with Crippen molar-refractivity contribution in [3.05, 3.63) is 33.7 Å². The summed E-state index contributed by atoms with van der Waals surface area (Å²) in [6.45, 7) is 3.13. The Bertz CT molecular complexity index is 901. The number of carboxylic acid groups (broad SMARTS) is 2. The molecular weight excluding hydrogens is 396 g/mol. The summed E-state index contributed by atoms with van der Waals surface area (Å²) in [5, 5.41) is 18.9. The van der Waals surface area contributed by atoms with Crippen LogP contribution in [0.2, 0.25) is 0 Å². The molecule has 0 bridgehead atoms. The maximum absolute atomic E-state index is 11.6. The van der Waals surface area contributed by atoms with Gasteiger partial charge < -0.3 is 19.7 Å². The van der Waals surface area contributed by atoms with Crippen LogP contribution in [0, 0.1) is 0 Å². The number of hydrogen-bond acceptors (Lipinski definition) is 8. The second kappa shape index (κ2) is 9.29. The minimum Gasteiger partial charge on any atom is -0.477 e. The normalized spacial score (nSPS) is 18.4. The van der Waals surface area contributed by atoms with Gasteiger partial charge in [0.1, 0.15) is 0 Å². The average molecular weight is 418 g/mol. The smallest absolute Gasteiger partial charge is 0.354 e. The van der Waals surface area contributed by atoms with Gasteiger partial charge in [-0.2, -0.15) is 0 Å². The van der Waals surface area contributed by atoms with Crippen molar-refractivity contribution in [1.29, 1.82) is 0 Å². The van der Waals surface area contributed by atoms with E-state index in [9.17, 15) is 29.4 Å². The van der Waals surface area contributed by atoms with Gasteiger partial charge in [-0.3, -0.25) is 9.59 Å². The number of nitrogens with zero attached hydrogens (tertiary/aromatic N) is 2. The van der Waals surface area contributed by atoms with E-state index in [4.69, 9.17) is 0 Å². The first-order valence-corrected chi connectivity index (χ1v) is 9.05. The Kier molecular flexibility index (Phi) is 7.04. The minimum absolute atomic E-state index is 0.0158. The van der Waals surface area contributed by atoms with Crippen LogP contribution in [0.4, 0.5) is 0 Å². The van der Waals surface area contributed by atoms with Crippen LogP contribution in [0.5, 0.6) is 0 Å². The van der Waals surface area contributed by atoms with Crippen LogP contribution < -0.4 is 0 Å². The molecule has 10 nitrogen and oxygen atoms in total. The van der Waals surface area contributed by atoms with Crippen molar-refractivity contribution in [3.63, 3.8) is 0 Å². The number of aliphatic imine (C=N–C) groups is 2. The molecule has 0 unspecified atom stereocenters. The first kappa shape index (κ1) is 22.7. The molecule has 160 valence electrons. The lowest BCUT2D eigenvalue weighted by Gasteiger charge is -2.10. The maximum Gasteiger partial charge on any atom is 0.354 e. The summed E-state index contributed by atoms with van der Waals surface area (Å²) in [4.78, 5) is 54.8. The second-order valence-corrected chi connectivity index (χ2v) is 6.59. The number of ether oxygens (including phenoxy) is 2. The monoisotopic (exact) mass is 418 g/mol. The van der Waals surface area contributed by atoms with E-state index in [1.54, 1.807) is 13.8 Å². The van der Waals surface area contributed by atoms with E-state index < -0.39 is 23.9 Å². The summed E-state index contributed by atoms with van der Waals surface area (Å²) >= 11 is 0. The van der Waals surface area contributed by atoms with Crippen molar-refractivity contribution in [3.8, 4) is 0 Å². The van der Waals surface area contributed by atoms with Gasteiger partial charge in [-0.1, -0.05) is 0 Å². The molecule has 2 aliphatic heterocycles. The Morgan fingerprint density at radius 3 is 1.33 bits per heavy atom. The number of carboxylic acids is 2. The number of carbonyl (C=O) groups excluding carboxylic acids is 2. The zero-order chi connectivity index (χ0) is 22.6. The molecule has 0 aliphatic carbocycles.